The number of para-hydroxylation sites is 1. The van der Waals surface area contributed by atoms with Crippen LogP contribution in [0.2, 0.25) is 0 Å². The molecular formula is C18H16N2. The number of dihydropyridines is 1. The van der Waals surface area contributed by atoms with Crippen molar-refractivity contribution in [2.75, 3.05) is 0 Å². The average Bonchev–Trinajstić information content (AvgIpc) is 2.91. The number of nitrogens with one attached hydrogen (secondary N) is 1. The molecule has 1 aliphatic heterocycles. The van der Waals surface area contributed by atoms with Crippen molar-refractivity contribution in [2.24, 2.45) is 10.9 Å². The zero-order valence-corrected chi connectivity index (χ0v) is 11.4. The maximum absolute atomic E-state index is 4.93. The minimum absolute atomic E-state index is 0.244. The Morgan fingerprint density at radius 1 is 1.10 bits per heavy atom. The molecule has 1 aliphatic carbocycles. The minimum atomic E-state index is 0.244. The molecule has 2 unspecified atom stereocenters. The van der Waals surface area contributed by atoms with Crippen molar-refractivity contribution in [3.63, 3.8) is 0 Å². The lowest BCUT2D eigenvalue weighted by molar-refractivity contribution is 0.644. The van der Waals surface area contributed by atoms with E-state index >= 15 is 0 Å². The number of aromatic amines is 1. The van der Waals surface area contributed by atoms with Gasteiger partial charge in [0.05, 0.1) is 11.8 Å². The maximum atomic E-state index is 4.93. The molecular weight excluding hydrogens is 244 g/mol. The molecule has 0 saturated carbocycles. The van der Waals surface area contributed by atoms with Gasteiger partial charge in [0, 0.05) is 28.6 Å². The van der Waals surface area contributed by atoms with Crippen molar-refractivity contribution in [3.8, 4) is 0 Å². The number of rotatable bonds is 1. The summed E-state index contributed by atoms with van der Waals surface area (Å²) in [7, 11) is 0. The van der Waals surface area contributed by atoms with Crippen LogP contribution in [0.3, 0.4) is 0 Å². The number of allylic oxidation sites excluding steroid dienone is 3. The van der Waals surface area contributed by atoms with E-state index < -0.39 is 0 Å². The van der Waals surface area contributed by atoms with Gasteiger partial charge >= 0.3 is 0 Å². The molecule has 2 heterocycles. The number of H-pyrrole nitrogens is 1. The van der Waals surface area contributed by atoms with E-state index in [-0.39, 0.29) is 6.04 Å². The van der Waals surface area contributed by atoms with Gasteiger partial charge in [-0.05, 0) is 19.1 Å². The van der Waals surface area contributed by atoms with Gasteiger partial charge in [0.1, 0.15) is 0 Å². The van der Waals surface area contributed by atoms with Crippen molar-refractivity contribution >= 4 is 16.6 Å². The first-order valence-corrected chi connectivity index (χ1v) is 7.00. The Labute approximate surface area is 118 Å². The van der Waals surface area contributed by atoms with E-state index in [1.54, 1.807) is 0 Å². The Morgan fingerprint density at radius 2 is 1.95 bits per heavy atom. The molecule has 98 valence electrons. The molecule has 0 spiro atoms. The van der Waals surface area contributed by atoms with E-state index in [0.29, 0.717) is 5.92 Å². The highest BCUT2D eigenvalue weighted by Gasteiger charge is 2.24. The number of fused-ring (bicyclic) bond motifs is 2. The lowest BCUT2D eigenvalue weighted by atomic mass is 9.85. The topological polar surface area (TPSA) is 28.1 Å². The van der Waals surface area contributed by atoms with E-state index in [0.717, 1.165) is 11.2 Å². The van der Waals surface area contributed by atoms with Crippen molar-refractivity contribution in [3.05, 3.63) is 72.0 Å². The molecule has 2 nitrogen and oxygen atoms in total. The van der Waals surface area contributed by atoms with Crippen LogP contribution in [0, 0.1) is 5.92 Å². The molecule has 0 bridgehead atoms. The van der Waals surface area contributed by atoms with E-state index in [1.807, 2.05) is 0 Å². The summed E-state index contributed by atoms with van der Waals surface area (Å²) in [6, 6.07) is 8.62. The summed E-state index contributed by atoms with van der Waals surface area (Å²) in [5, 5.41) is 1.24. The lowest BCUT2D eigenvalue weighted by Gasteiger charge is -2.26. The summed E-state index contributed by atoms with van der Waals surface area (Å²) < 4.78 is 0. The molecule has 0 radical (unpaired) electrons. The monoisotopic (exact) mass is 260 g/mol. The summed E-state index contributed by atoms with van der Waals surface area (Å²) >= 11 is 0. The first-order chi connectivity index (χ1) is 9.83. The second-order valence-electron chi connectivity index (χ2n) is 5.44. The third kappa shape index (κ3) is 1.68. The van der Waals surface area contributed by atoms with Gasteiger partial charge in [-0.2, -0.15) is 0 Å². The van der Waals surface area contributed by atoms with E-state index in [2.05, 4.69) is 72.8 Å². The number of nitrogens with zero attached hydrogens (tertiary/aromatic N) is 1. The predicted molar refractivity (Wildman–Crippen MR) is 84.2 cm³/mol. The lowest BCUT2D eigenvalue weighted by Crippen LogP contribution is -2.24. The molecule has 0 saturated heterocycles. The fraction of sp³-hybridized carbons (Fsp3) is 0.167. The van der Waals surface area contributed by atoms with Gasteiger partial charge in [0.25, 0.3) is 0 Å². The Morgan fingerprint density at radius 3 is 2.90 bits per heavy atom. The third-order valence-corrected chi connectivity index (χ3v) is 4.15. The summed E-state index contributed by atoms with van der Waals surface area (Å²) in [5.74, 6) is 0.425. The Bertz CT molecular complexity index is 787. The summed E-state index contributed by atoms with van der Waals surface area (Å²) in [4.78, 5) is 8.26. The van der Waals surface area contributed by atoms with Crippen LogP contribution < -0.4 is 0 Å². The third-order valence-electron chi connectivity index (χ3n) is 4.15. The van der Waals surface area contributed by atoms with E-state index in [1.165, 1.54) is 16.5 Å². The van der Waals surface area contributed by atoms with Crippen molar-refractivity contribution < 1.29 is 0 Å². The average molecular weight is 260 g/mol. The van der Waals surface area contributed by atoms with Gasteiger partial charge < -0.3 is 4.98 Å². The minimum Gasteiger partial charge on any atom is -0.360 e. The van der Waals surface area contributed by atoms with Crippen LogP contribution in [0.5, 0.6) is 0 Å². The summed E-state index contributed by atoms with van der Waals surface area (Å²) in [6.07, 6.45) is 12.9. The Kier molecular flexibility index (Phi) is 2.49. The number of hydrogen-bond acceptors (Lipinski definition) is 1. The summed E-state index contributed by atoms with van der Waals surface area (Å²) in [5.41, 5.74) is 4.82. The van der Waals surface area contributed by atoms with E-state index in [9.17, 15) is 0 Å². The largest absolute Gasteiger partial charge is 0.360 e. The zero-order chi connectivity index (χ0) is 13.5. The molecule has 2 aromatic rings. The number of aromatic nitrogens is 1. The van der Waals surface area contributed by atoms with Crippen molar-refractivity contribution in [2.45, 2.75) is 13.0 Å². The van der Waals surface area contributed by atoms with Gasteiger partial charge in [0.2, 0.25) is 0 Å². The molecule has 1 aromatic carbocycles. The smallest absolute Gasteiger partial charge is 0.0790 e. The fourth-order valence-corrected chi connectivity index (χ4v) is 3.08. The second-order valence-corrected chi connectivity index (χ2v) is 5.44. The normalized spacial score (nSPS) is 24.4. The molecule has 0 fully saturated rings. The molecule has 4 rings (SSSR count). The molecule has 2 aliphatic rings. The van der Waals surface area contributed by atoms with Crippen LogP contribution in [0.25, 0.3) is 10.9 Å². The Hall–Kier alpha value is -2.35. The quantitative estimate of drug-likeness (QED) is 0.802. The van der Waals surface area contributed by atoms with Crippen molar-refractivity contribution in [1.82, 2.24) is 4.98 Å². The SMILES string of the molecule is CC1=CC(c2c[nH]c3ccccc23)=NC2C=CC=CC12. The predicted octanol–water partition coefficient (Wildman–Crippen LogP) is 4.03. The molecule has 2 atom stereocenters. The zero-order valence-electron chi connectivity index (χ0n) is 11.4. The number of benzene rings is 1. The van der Waals surface area contributed by atoms with E-state index in [4.69, 9.17) is 4.99 Å². The molecule has 20 heavy (non-hydrogen) atoms. The highest BCUT2D eigenvalue weighted by atomic mass is 14.8. The van der Waals surface area contributed by atoms with Gasteiger partial charge in [-0.25, -0.2) is 0 Å². The highest BCUT2D eigenvalue weighted by Crippen LogP contribution is 2.30. The number of hydrogen-bond donors (Lipinski definition) is 1. The fourth-order valence-electron chi connectivity index (χ4n) is 3.08. The van der Waals surface area contributed by atoms with Crippen LogP contribution in [0.15, 0.2) is 71.4 Å². The summed E-state index contributed by atoms with van der Waals surface area (Å²) in [6.45, 7) is 2.20. The van der Waals surface area contributed by atoms with Crippen LogP contribution in [0.4, 0.5) is 0 Å². The van der Waals surface area contributed by atoms with Gasteiger partial charge in [0.15, 0.2) is 0 Å². The van der Waals surface area contributed by atoms with Crippen molar-refractivity contribution in [1.29, 1.82) is 0 Å². The van der Waals surface area contributed by atoms with Crippen LogP contribution in [0.1, 0.15) is 12.5 Å². The van der Waals surface area contributed by atoms with Crippen LogP contribution in [-0.2, 0) is 0 Å². The maximum Gasteiger partial charge on any atom is 0.0790 e. The Balaban J connectivity index is 1.85. The van der Waals surface area contributed by atoms with Gasteiger partial charge in [-0.3, -0.25) is 4.99 Å². The first kappa shape index (κ1) is 11.5. The number of aliphatic imine (C=N–C) groups is 1. The highest BCUT2D eigenvalue weighted by molar-refractivity contribution is 6.17. The first-order valence-electron chi connectivity index (χ1n) is 7.00. The standard InChI is InChI=1S/C18H16N2/c1-12-10-18(20-17-9-5-2-6-13(12)17)15-11-19-16-8-4-3-7-14(15)16/h2-11,13,17,19H,1H3. The molecule has 1 N–H and O–H groups in total. The van der Waals surface area contributed by atoms with Gasteiger partial charge in [-0.15, -0.1) is 0 Å². The molecule has 0 amide bonds. The molecule has 2 heteroatoms. The molecule has 1 aromatic heterocycles. The van der Waals surface area contributed by atoms with Crippen LogP contribution >= 0.6 is 0 Å². The van der Waals surface area contributed by atoms with Gasteiger partial charge in [-0.1, -0.05) is 48.1 Å². The van der Waals surface area contributed by atoms with Crippen LogP contribution in [-0.4, -0.2) is 16.7 Å². The second kappa shape index (κ2) is 4.34.